The number of ether oxygens (including phenoxy) is 1. The molecule has 3 aromatic rings. The van der Waals surface area contributed by atoms with E-state index in [1.165, 1.54) is 26.3 Å². The van der Waals surface area contributed by atoms with Crippen LogP contribution in [0, 0.1) is 5.82 Å². The Morgan fingerprint density at radius 1 is 1.00 bits per heavy atom. The van der Waals surface area contributed by atoms with E-state index >= 15 is 0 Å². The van der Waals surface area contributed by atoms with Crippen molar-refractivity contribution in [2.24, 2.45) is 0 Å². The summed E-state index contributed by atoms with van der Waals surface area (Å²) in [5, 5.41) is 2.67. The van der Waals surface area contributed by atoms with E-state index in [4.69, 9.17) is 4.74 Å². The molecule has 36 heavy (non-hydrogen) atoms. The van der Waals surface area contributed by atoms with E-state index in [-0.39, 0.29) is 18.0 Å². The van der Waals surface area contributed by atoms with Gasteiger partial charge < -0.3 is 10.1 Å². The van der Waals surface area contributed by atoms with Crippen LogP contribution in [0.5, 0.6) is 0 Å². The molecule has 1 N–H and O–H groups in total. The summed E-state index contributed by atoms with van der Waals surface area (Å²) in [5.41, 5.74) is 1.12. The minimum atomic E-state index is -4.43. The number of nitrogens with zero attached hydrogens (tertiary/aromatic N) is 1. The van der Waals surface area contributed by atoms with E-state index in [1.807, 2.05) is 0 Å². The highest BCUT2D eigenvalue weighted by Crippen LogP contribution is 2.31. The van der Waals surface area contributed by atoms with Crippen LogP contribution < -0.4 is 5.32 Å². The van der Waals surface area contributed by atoms with Crippen LogP contribution in [-0.2, 0) is 32.3 Å². The van der Waals surface area contributed by atoms with Crippen LogP contribution >= 0.6 is 0 Å². The third-order valence-corrected chi connectivity index (χ3v) is 7.38. The van der Waals surface area contributed by atoms with Gasteiger partial charge in [0.1, 0.15) is 11.9 Å². The molecule has 1 atom stereocenters. The predicted octanol–water partition coefficient (Wildman–Crippen LogP) is 4.46. The molecule has 0 aliphatic rings. The molecule has 0 saturated heterocycles. The summed E-state index contributed by atoms with van der Waals surface area (Å²) >= 11 is 0. The van der Waals surface area contributed by atoms with Gasteiger partial charge in [-0.2, -0.15) is 17.5 Å². The van der Waals surface area contributed by atoms with Gasteiger partial charge in [-0.15, -0.1) is 0 Å². The maximum absolute atomic E-state index is 13.2. The second-order valence-electron chi connectivity index (χ2n) is 7.94. The summed E-state index contributed by atoms with van der Waals surface area (Å²) in [6.07, 6.45) is -4.43. The number of rotatable bonds is 9. The molecule has 6 nitrogen and oxygen atoms in total. The number of likely N-dealkylation sites (N-methyl/N-ethyl adjacent to an activating group) is 1. The number of alkyl halides is 3. The molecule has 1 unspecified atom stereocenters. The SMILES string of the molecule is COCC(C(=O)NCc1cccc(-c2ccc(C(F)(F)F)cc2)c1)N(C)S(=O)(=O)c1ccc(F)cc1. The zero-order valence-corrected chi connectivity index (χ0v) is 20.2. The quantitative estimate of drug-likeness (QED) is 0.420. The van der Waals surface area contributed by atoms with Gasteiger partial charge in [0, 0.05) is 20.7 Å². The van der Waals surface area contributed by atoms with Crippen molar-refractivity contribution in [1.82, 2.24) is 9.62 Å². The lowest BCUT2D eigenvalue weighted by Gasteiger charge is -2.26. The fourth-order valence-electron chi connectivity index (χ4n) is 3.46. The molecule has 0 aliphatic carbocycles. The van der Waals surface area contributed by atoms with Gasteiger partial charge in [0.05, 0.1) is 17.1 Å². The van der Waals surface area contributed by atoms with E-state index in [2.05, 4.69) is 5.32 Å². The maximum Gasteiger partial charge on any atom is 0.416 e. The van der Waals surface area contributed by atoms with Crippen molar-refractivity contribution in [3.8, 4) is 11.1 Å². The van der Waals surface area contributed by atoms with Crippen LogP contribution in [0.4, 0.5) is 17.6 Å². The van der Waals surface area contributed by atoms with Crippen molar-refractivity contribution < 1.29 is 35.5 Å². The Kier molecular flexibility index (Phi) is 8.49. The minimum Gasteiger partial charge on any atom is -0.382 e. The smallest absolute Gasteiger partial charge is 0.382 e. The zero-order chi connectivity index (χ0) is 26.5. The fraction of sp³-hybridized carbons (Fsp3) is 0.240. The number of nitrogens with one attached hydrogen (secondary N) is 1. The molecule has 3 aromatic carbocycles. The molecular formula is C25H24F4N2O4S. The lowest BCUT2D eigenvalue weighted by atomic mass is 10.0. The van der Waals surface area contributed by atoms with E-state index in [0.29, 0.717) is 16.7 Å². The first-order valence-electron chi connectivity index (χ1n) is 10.7. The van der Waals surface area contributed by atoms with Crippen molar-refractivity contribution in [3.63, 3.8) is 0 Å². The Balaban J connectivity index is 1.73. The second-order valence-corrected chi connectivity index (χ2v) is 9.94. The first kappa shape index (κ1) is 27.3. The Labute approximate surface area is 206 Å². The standard InChI is InChI=1S/C25H24F4N2O4S/c1-31(36(33,34)22-12-10-21(26)11-13-22)23(16-35-2)24(32)30-15-17-4-3-5-19(14-17)18-6-8-20(9-7-18)25(27,28)29/h3-14,23H,15-16H2,1-2H3,(H,30,32). The molecule has 0 radical (unpaired) electrons. The first-order chi connectivity index (χ1) is 16.9. The molecule has 0 aromatic heterocycles. The summed E-state index contributed by atoms with van der Waals surface area (Å²) in [4.78, 5) is 12.7. The normalized spacial score (nSPS) is 13.0. The average molecular weight is 525 g/mol. The minimum absolute atomic E-state index is 0.0396. The van der Waals surface area contributed by atoms with Gasteiger partial charge in [0.15, 0.2) is 0 Å². The molecule has 3 rings (SSSR count). The van der Waals surface area contributed by atoms with Gasteiger partial charge in [0.25, 0.3) is 0 Å². The number of benzene rings is 3. The Morgan fingerprint density at radius 2 is 1.64 bits per heavy atom. The van der Waals surface area contributed by atoms with Gasteiger partial charge in [-0.25, -0.2) is 12.8 Å². The zero-order valence-electron chi connectivity index (χ0n) is 19.4. The van der Waals surface area contributed by atoms with Gasteiger partial charge in [-0.1, -0.05) is 30.3 Å². The highest BCUT2D eigenvalue weighted by molar-refractivity contribution is 7.89. The second kappa shape index (κ2) is 11.2. The molecule has 0 spiro atoms. The number of sulfonamides is 1. The number of hydrogen-bond acceptors (Lipinski definition) is 4. The van der Waals surface area contributed by atoms with Crippen LogP contribution in [0.15, 0.2) is 77.7 Å². The number of methoxy groups -OCH3 is 1. The molecule has 0 bridgehead atoms. The van der Waals surface area contributed by atoms with E-state index < -0.39 is 39.5 Å². The average Bonchev–Trinajstić information content (AvgIpc) is 2.85. The maximum atomic E-state index is 13.2. The largest absolute Gasteiger partial charge is 0.416 e. The monoisotopic (exact) mass is 524 g/mol. The van der Waals surface area contributed by atoms with Crippen LogP contribution in [-0.4, -0.2) is 45.4 Å². The summed E-state index contributed by atoms with van der Waals surface area (Å²) in [7, 11) is -1.56. The topological polar surface area (TPSA) is 75.7 Å². The van der Waals surface area contributed by atoms with Crippen molar-refractivity contribution >= 4 is 15.9 Å². The summed E-state index contributed by atoms with van der Waals surface area (Å²) in [6.45, 7) is -0.188. The van der Waals surface area contributed by atoms with Crippen LogP contribution in [0.1, 0.15) is 11.1 Å². The van der Waals surface area contributed by atoms with Gasteiger partial charge in [0.2, 0.25) is 15.9 Å². The van der Waals surface area contributed by atoms with Gasteiger partial charge in [-0.3, -0.25) is 4.79 Å². The molecule has 0 fully saturated rings. The third-order valence-electron chi connectivity index (χ3n) is 5.50. The van der Waals surface area contributed by atoms with Crippen molar-refractivity contribution in [2.75, 3.05) is 20.8 Å². The molecule has 192 valence electrons. The number of carbonyl (C=O) groups excluding carboxylic acids is 1. The number of hydrogen-bond donors (Lipinski definition) is 1. The highest BCUT2D eigenvalue weighted by Gasteiger charge is 2.33. The van der Waals surface area contributed by atoms with Crippen LogP contribution in [0.25, 0.3) is 11.1 Å². The number of halogens is 4. The lowest BCUT2D eigenvalue weighted by molar-refractivity contribution is -0.137. The van der Waals surface area contributed by atoms with Crippen molar-refractivity contribution in [3.05, 3.63) is 89.7 Å². The molecule has 0 heterocycles. The van der Waals surface area contributed by atoms with Crippen molar-refractivity contribution in [1.29, 1.82) is 0 Å². The molecule has 1 amide bonds. The summed E-state index contributed by atoms with van der Waals surface area (Å²) in [5.74, 6) is -1.22. The summed E-state index contributed by atoms with van der Waals surface area (Å²) in [6, 6.07) is 14.6. The van der Waals surface area contributed by atoms with Gasteiger partial charge >= 0.3 is 6.18 Å². The number of amides is 1. The van der Waals surface area contributed by atoms with Crippen LogP contribution in [0.2, 0.25) is 0 Å². The Hall–Kier alpha value is -3.28. The van der Waals surface area contributed by atoms with Crippen LogP contribution in [0.3, 0.4) is 0 Å². The molecule has 0 aliphatic heterocycles. The lowest BCUT2D eigenvalue weighted by Crippen LogP contribution is -2.49. The van der Waals surface area contributed by atoms with E-state index in [9.17, 15) is 30.8 Å². The molecule has 0 saturated carbocycles. The third kappa shape index (κ3) is 6.48. The fourth-order valence-corrected chi connectivity index (χ4v) is 4.77. The van der Waals surface area contributed by atoms with Crippen molar-refractivity contribution in [2.45, 2.75) is 23.7 Å². The molecule has 11 heteroatoms. The Bertz CT molecular complexity index is 1290. The molecular weight excluding hydrogens is 500 g/mol. The highest BCUT2D eigenvalue weighted by atomic mass is 32.2. The van der Waals surface area contributed by atoms with E-state index in [0.717, 1.165) is 40.7 Å². The Morgan fingerprint density at radius 3 is 2.22 bits per heavy atom. The van der Waals surface area contributed by atoms with E-state index in [1.54, 1.807) is 24.3 Å². The van der Waals surface area contributed by atoms with Gasteiger partial charge in [-0.05, 0) is 59.2 Å². The summed E-state index contributed by atoms with van der Waals surface area (Å²) < 4.78 is 83.4. The first-order valence-corrected chi connectivity index (χ1v) is 12.1. The number of carbonyl (C=O) groups is 1. The predicted molar refractivity (Wildman–Crippen MR) is 126 cm³/mol.